The Morgan fingerprint density at radius 2 is 1.02 bits per heavy atom. The highest BCUT2D eigenvalue weighted by Gasteiger charge is 2.14. The lowest BCUT2D eigenvalue weighted by atomic mass is 9.98. The van der Waals surface area contributed by atoms with Crippen LogP contribution in [0.5, 0.6) is 0 Å². The van der Waals surface area contributed by atoms with Crippen LogP contribution in [0.4, 0.5) is 0 Å². The Hall–Kier alpha value is -5.18. The first kappa shape index (κ1) is 23.5. The zero-order valence-corrected chi connectivity index (χ0v) is 23.6. The van der Waals surface area contributed by atoms with E-state index in [-0.39, 0.29) is 0 Å². The van der Waals surface area contributed by atoms with Crippen molar-refractivity contribution >= 4 is 64.1 Å². The van der Waals surface area contributed by atoms with Crippen molar-refractivity contribution in [3.05, 3.63) is 152 Å². The van der Waals surface area contributed by atoms with Gasteiger partial charge in [0, 0.05) is 36.6 Å². The maximum atomic E-state index is 2.42. The zero-order valence-electron chi connectivity index (χ0n) is 22.8. The molecule has 2 aromatic heterocycles. The Balaban J connectivity index is 1.22. The molecule has 0 aliphatic heterocycles. The van der Waals surface area contributed by atoms with E-state index in [1.54, 1.807) is 0 Å². The Labute approximate surface area is 247 Å². The van der Waals surface area contributed by atoms with Crippen molar-refractivity contribution in [2.75, 3.05) is 0 Å². The summed E-state index contributed by atoms with van der Waals surface area (Å²) in [6.45, 7) is 0. The van der Waals surface area contributed by atoms with Gasteiger partial charge in [0.2, 0.25) is 0 Å². The third kappa shape index (κ3) is 3.56. The fourth-order valence-corrected chi connectivity index (χ4v) is 7.69. The molecule has 1 nitrogen and oxygen atoms in total. The van der Waals surface area contributed by atoms with Crippen molar-refractivity contribution in [1.82, 2.24) is 4.57 Å². The van der Waals surface area contributed by atoms with Gasteiger partial charge in [0.25, 0.3) is 0 Å². The van der Waals surface area contributed by atoms with E-state index in [9.17, 15) is 0 Å². The molecule has 0 radical (unpaired) electrons. The van der Waals surface area contributed by atoms with Gasteiger partial charge in [0.15, 0.2) is 0 Å². The van der Waals surface area contributed by atoms with Gasteiger partial charge < -0.3 is 4.57 Å². The first-order valence-corrected chi connectivity index (χ1v) is 15.2. The number of benzene rings is 7. The number of para-hydroxylation sites is 1. The zero-order chi connectivity index (χ0) is 27.6. The van der Waals surface area contributed by atoms with Crippen LogP contribution in [0.1, 0.15) is 0 Å². The second-order valence-corrected chi connectivity index (χ2v) is 12.1. The van der Waals surface area contributed by atoms with E-state index in [1.165, 1.54) is 80.7 Å². The Kier molecular flexibility index (Phi) is 5.13. The molecule has 0 unspecified atom stereocenters. The van der Waals surface area contributed by atoms with E-state index in [1.807, 2.05) is 11.3 Å². The Morgan fingerprint density at radius 1 is 0.381 bits per heavy atom. The number of fused-ring (bicyclic) bond motifs is 7. The second kappa shape index (κ2) is 9.17. The predicted molar refractivity (Wildman–Crippen MR) is 182 cm³/mol. The summed E-state index contributed by atoms with van der Waals surface area (Å²) < 4.78 is 5.09. The van der Waals surface area contributed by atoms with Gasteiger partial charge >= 0.3 is 0 Å². The molecule has 0 spiro atoms. The normalized spacial score (nSPS) is 11.8. The highest BCUT2D eigenvalue weighted by molar-refractivity contribution is 7.25. The molecule has 2 heteroatoms. The van der Waals surface area contributed by atoms with E-state index in [4.69, 9.17) is 0 Å². The number of nitrogens with zero attached hydrogens (tertiary/aromatic N) is 1. The van der Waals surface area contributed by atoms with Crippen LogP contribution >= 0.6 is 11.3 Å². The molecule has 0 amide bonds. The molecule has 0 aliphatic rings. The first-order valence-electron chi connectivity index (χ1n) is 14.4. The Morgan fingerprint density at radius 3 is 1.93 bits per heavy atom. The molecule has 0 fully saturated rings. The molecule has 0 N–H and O–H groups in total. The fraction of sp³-hybridized carbons (Fsp3) is 0. The molecule has 0 aliphatic carbocycles. The van der Waals surface area contributed by atoms with Gasteiger partial charge in [-0.2, -0.15) is 0 Å². The number of hydrogen-bond acceptors (Lipinski definition) is 1. The largest absolute Gasteiger partial charge is 0.309 e. The summed E-state index contributed by atoms with van der Waals surface area (Å²) in [6.07, 6.45) is 0. The lowest BCUT2D eigenvalue weighted by Gasteiger charge is -2.11. The summed E-state index contributed by atoms with van der Waals surface area (Å²) in [7, 11) is 0. The highest BCUT2D eigenvalue weighted by atomic mass is 32.1. The van der Waals surface area contributed by atoms with Crippen molar-refractivity contribution in [2.45, 2.75) is 0 Å². The quantitative estimate of drug-likeness (QED) is 0.206. The van der Waals surface area contributed by atoms with E-state index >= 15 is 0 Å². The molecule has 196 valence electrons. The van der Waals surface area contributed by atoms with Crippen LogP contribution in [0.25, 0.3) is 80.7 Å². The summed E-state index contributed by atoms with van der Waals surface area (Å²) in [4.78, 5) is 0. The molecular formula is C40H25NS. The van der Waals surface area contributed by atoms with Gasteiger partial charge in [-0.3, -0.25) is 0 Å². The molecule has 0 bridgehead atoms. The van der Waals surface area contributed by atoms with Crippen molar-refractivity contribution < 1.29 is 0 Å². The number of aromatic nitrogens is 1. The van der Waals surface area contributed by atoms with Crippen molar-refractivity contribution in [2.24, 2.45) is 0 Å². The van der Waals surface area contributed by atoms with Gasteiger partial charge in [-0.1, -0.05) is 109 Å². The molecule has 9 aromatic rings. The lowest BCUT2D eigenvalue weighted by Crippen LogP contribution is -1.94. The molecule has 0 saturated heterocycles. The van der Waals surface area contributed by atoms with Crippen LogP contribution in [-0.4, -0.2) is 4.57 Å². The van der Waals surface area contributed by atoms with Gasteiger partial charge in [0.1, 0.15) is 0 Å². The van der Waals surface area contributed by atoms with Crippen LogP contribution in [0.3, 0.4) is 0 Å². The van der Waals surface area contributed by atoms with Crippen LogP contribution in [0.15, 0.2) is 152 Å². The number of rotatable bonds is 3. The van der Waals surface area contributed by atoms with Crippen LogP contribution in [-0.2, 0) is 0 Å². The van der Waals surface area contributed by atoms with Gasteiger partial charge in [0.05, 0.1) is 11.0 Å². The Bertz CT molecular complexity index is 2450. The SMILES string of the molecule is c1ccc2c(-c3ccc(-n4c5ccccc5c5ccc(-c6ccc7sc8ccccc8c7c6)cc54)cc3)cccc2c1. The lowest BCUT2D eigenvalue weighted by molar-refractivity contribution is 1.18. The summed E-state index contributed by atoms with van der Waals surface area (Å²) >= 11 is 1.87. The van der Waals surface area contributed by atoms with Gasteiger partial charge in [-0.05, 0) is 75.5 Å². The van der Waals surface area contributed by atoms with E-state index in [0.717, 1.165) is 0 Å². The van der Waals surface area contributed by atoms with Crippen molar-refractivity contribution in [3.63, 3.8) is 0 Å². The summed E-state index contributed by atoms with van der Waals surface area (Å²) in [5.41, 5.74) is 8.59. The molecule has 7 aromatic carbocycles. The minimum atomic E-state index is 1.17. The van der Waals surface area contributed by atoms with Gasteiger partial charge in [-0.25, -0.2) is 0 Å². The van der Waals surface area contributed by atoms with Crippen LogP contribution in [0, 0.1) is 0 Å². The van der Waals surface area contributed by atoms with E-state index in [2.05, 4.69) is 156 Å². The van der Waals surface area contributed by atoms with E-state index < -0.39 is 0 Å². The molecule has 2 heterocycles. The maximum absolute atomic E-state index is 2.42. The smallest absolute Gasteiger partial charge is 0.0547 e. The van der Waals surface area contributed by atoms with Crippen molar-refractivity contribution in [1.29, 1.82) is 0 Å². The number of hydrogen-bond donors (Lipinski definition) is 0. The standard InChI is InChI=1S/C40H25NS/c1-2-10-31-26(8-1)9-7-13-32(31)27-16-20-30(21-17-27)41-37-14-5-3-11-33(37)34-22-18-29(25-38(34)41)28-19-23-40-36(24-28)35-12-4-6-15-39(35)42-40/h1-25H. The summed E-state index contributed by atoms with van der Waals surface area (Å²) in [6, 6.07) is 55.5. The summed E-state index contributed by atoms with van der Waals surface area (Å²) in [5.74, 6) is 0. The fourth-order valence-electron chi connectivity index (χ4n) is 6.60. The number of thiophene rings is 1. The van der Waals surface area contributed by atoms with Crippen molar-refractivity contribution in [3.8, 4) is 27.9 Å². The average molecular weight is 552 g/mol. The topological polar surface area (TPSA) is 4.93 Å². The molecule has 42 heavy (non-hydrogen) atoms. The third-order valence-corrected chi connectivity index (χ3v) is 9.76. The molecule has 9 rings (SSSR count). The molecule has 0 atom stereocenters. The van der Waals surface area contributed by atoms with Crippen LogP contribution < -0.4 is 0 Å². The first-order chi connectivity index (χ1) is 20.8. The van der Waals surface area contributed by atoms with Crippen LogP contribution in [0.2, 0.25) is 0 Å². The maximum Gasteiger partial charge on any atom is 0.0547 e. The summed E-state index contributed by atoms with van der Waals surface area (Å²) in [5, 5.41) is 7.76. The predicted octanol–water partition coefficient (Wildman–Crippen LogP) is 11.6. The third-order valence-electron chi connectivity index (χ3n) is 8.61. The highest BCUT2D eigenvalue weighted by Crippen LogP contribution is 2.39. The monoisotopic (exact) mass is 551 g/mol. The minimum Gasteiger partial charge on any atom is -0.309 e. The molecule has 0 saturated carbocycles. The minimum absolute atomic E-state index is 1.17. The second-order valence-electron chi connectivity index (χ2n) is 11.0. The van der Waals surface area contributed by atoms with Gasteiger partial charge in [-0.15, -0.1) is 11.3 Å². The average Bonchev–Trinajstić information content (AvgIpc) is 3.59. The molecular weight excluding hydrogens is 527 g/mol. The van der Waals surface area contributed by atoms with E-state index in [0.29, 0.717) is 0 Å².